The monoisotopic (exact) mass is 209 g/mol. The number of thioether (sulfide) groups is 1. The summed E-state index contributed by atoms with van der Waals surface area (Å²) in [6.45, 7) is 2.13. The van der Waals surface area contributed by atoms with Crippen LogP contribution in [0.4, 0.5) is 0 Å². The highest BCUT2D eigenvalue weighted by Gasteiger charge is 2.24. The van der Waals surface area contributed by atoms with Crippen molar-refractivity contribution in [3.63, 3.8) is 0 Å². The Hall–Kier alpha value is -0.700. The van der Waals surface area contributed by atoms with E-state index in [0.29, 0.717) is 6.10 Å². The maximum Gasteiger partial charge on any atom is 0.127 e. The van der Waals surface area contributed by atoms with Gasteiger partial charge in [0, 0.05) is 17.8 Å². The maximum absolute atomic E-state index is 5.84. The van der Waals surface area contributed by atoms with Gasteiger partial charge in [0.2, 0.25) is 0 Å². The third kappa shape index (κ3) is 2.21. The molecule has 3 heteroatoms. The maximum atomic E-state index is 5.84. The lowest BCUT2D eigenvalue weighted by atomic mass is 10.2. The summed E-state index contributed by atoms with van der Waals surface area (Å²) < 4.78 is 5.84. The van der Waals surface area contributed by atoms with Gasteiger partial charge in [-0.25, -0.2) is 4.98 Å². The minimum atomic E-state index is 0.470. The van der Waals surface area contributed by atoms with Crippen LogP contribution >= 0.6 is 11.8 Å². The van der Waals surface area contributed by atoms with Crippen molar-refractivity contribution in [3.8, 4) is 5.75 Å². The first-order chi connectivity index (χ1) is 6.83. The lowest BCUT2D eigenvalue weighted by molar-refractivity contribution is 0.299. The third-order valence-electron chi connectivity index (χ3n) is 2.33. The number of hydrogen-bond donors (Lipinski definition) is 0. The van der Waals surface area contributed by atoms with Crippen molar-refractivity contribution < 1.29 is 4.74 Å². The van der Waals surface area contributed by atoms with Gasteiger partial charge in [-0.2, -0.15) is 0 Å². The van der Waals surface area contributed by atoms with E-state index in [9.17, 15) is 0 Å². The highest BCUT2D eigenvalue weighted by Crippen LogP contribution is 2.30. The number of ether oxygens (including phenoxy) is 1. The molecule has 2 rings (SSSR count). The van der Waals surface area contributed by atoms with E-state index in [-0.39, 0.29) is 0 Å². The Morgan fingerprint density at radius 3 is 2.93 bits per heavy atom. The van der Waals surface area contributed by atoms with Gasteiger partial charge in [0.25, 0.3) is 0 Å². The van der Waals surface area contributed by atoms with E-state index >= 15 is 0 Å². The summed E-state index contributed by atoms with van der Waals surface area (Å²) >= 11 is 1.66. The molecule has 0 bridgehead atoms. The fraction of sp³-hybridized carbons (Fsp3) is 0.545. The summed E-state index contributed by atoms with van der Waals surface area (Å²) in [7, 11) is 0. The summed E-state index contributed by atoms with van der Waals surface area (Å²) in [5.74, 6) is 1.04. The van der Waals surface area contributed by atoms with Gasteiger partial charge in [-0.3, -0.25) is 0 Å². The van der Waals surface area contributed by atoms with Gasteiger partial charge < -0.3 is 4.74 Å². The van der Waals surface area contributed by atoms with Gasteiger partial charge in [-0.05, 0) is 25.5 Å². The Morgan fingerprint density at radius 1 is 1.57 bits per heavy atom. The Bertz CT molecular complexity index is 323. The lowest BCUT2D eigenvalue weighted by Crippen LogP contribution is -2.00. The Kier molecular flexibility index (Phi) is 2.96. The molecule has 0 atom stereocenters. The fourth-order valence-electron chi connectivity index (χ4n) is 1.30. The lowest BCUT2D eigenvalue weighted by Gasteiger charge is -2.09. The molecule has 1 heterocycles. The smallest absolute Gasteiger partial charge is 0.127 e. The number of hydrogen-bond acceptors (Lipinski definition) is 3. The molecule has 1 aliphatic carbocycles. The van der Waals surface area contributed by atoms with Gasteiger partial charge in [0.05, 0.1) is 11.1 Å². The Morgan fingerprint density at radius 2 is 2.36 bits per heavy atom. The zero-order valence-corrected chi connectivity index (χ0v) is 9.43. The Labute approximate surface area is 89.1 Å². The average molecular weight is 209 g/mol. The predicted molar refractivity (Wildman–Crippen MR) is 59.0 cm³/mol. The van der Waals surface area contributed by atoms with Crippen LogP contribution in [-0.4, -0.2) is 17.3 Å². The SMILES string of the molecule is CCc1cnc(SC)cc1OC1CC1. The first kappa shape index (κ1) is 9.84. The van der Waals surface area contributed by atoms with Crippen molar-refractivity contribution in [1.29, 1.82) is 0 Å². The first-order valence-electron chi connectivity index (χ1n) is 5.03. The standard InChI is InChI=1S/C11H15NOS/c1-3-8-7-12-11(14-2)6-10(8)13-9-4-5-9/h6-7,9H,3-5H2,1-2H3. The van der Waals surface area contributed by atoms with E-state index in [0.717, 1.165) is 17.2 Å². The summed E-state index contributed by atoms with van der Waals surface area (Å²) in [6, 6.07) is 2.06. The number of aromatic nitrogens is 1. The predicted octanol–water partition coefficient (Wildman–Crippen LogP) is 2.91. The van der Waals surface area contributed by atoms with Crippen molar-refractivity contribution in [2.24, 2.45) is 0 Å². The van der Waals surface area contributed by atoms with Crippen LogP contribution in [0.1, 0.15) is 25.3 Å². The Balaban J connectivity index is 2.21. The second-order valence-electron chi connectivity index (χ2n) is 3.51. The van der Waals surface area contributed by atoms with Crippen LogP contribution in [0.15, 0.2) is 17.3 Å². The topological polar surface area (TPSA) is 22.1 Å². The van der Waals surface area contributed by atoms with E-state index < -0.39 is 0 Å². The van der Waals surface area contributed by atoms with Crippen LogP contribution in [0, 0.1) is 0 Å². The zero-order valence-electron chi connectivity index (χ0n) is 8.62. The molecule has 0 amide bonds. The molecular formula is C11H15NOS. The molecule has 0 aromatic carbocycles. The molecule has 0 aliphatic heterocycles. The number of pyridine rings is 1. The molecule has 1 fully saturated rings. The average Bonchev–Trinajstić information content (AvgIpc) is 3.01. The van der Waals surface area contributed by atoms with Gasteiger partial charge in [-0.1, -0.05) is 6.92 Å². The zero-order chi connectivity index (χ0) is 9.97. The molecule has 14 heavy (non-hydrogen) atoms. The van der Waals surface area contributed by atoms with Crippen molar-refractivity contribution in [2.75, 3.05) is 6.26 Å². The minimum Gasteiger partial charge on any atom is -0.490 e. The molecule has 0 radical (unpaired) electrons. The summed E-state index contributed by atoms with van der Waals surface area (Å²) in [4.78, 5) is 4.34. The van der Waals surface area contributed by atoms with E-state index in [1.54, 1.807) is 11.8 Å². The largest absolute Gasteiger partial charge is 0.490 e. The highest BCUT2D eigenvalue weighted by atomic mass is 32.2. The van der Waals surface area contributed by atoms with Crippen molar-refractivity contribution in [1.82, 2.24) is 4.98 Å². The van der Waals surface area contributed by atoms with Crippen LogP contribution in [0.5, 0.6) is 5.75 Å². The van der Waals surface area contributed by atoms with E-state index in [1.807, 2.05) is 12.5 Å². The van der Waals surface area contributed by atoms with Crippen LogP contribution in [-0.2, 0) is 6.42 Å². The summed E-state index contributed by atoms with van der Waals surface area (Å²) in [6.07, 6.45) is 7.85. The summed E-state index contributed by atoms with van der Waals surface area (Å²) in [5.41, 5.74) is 1.22. The fourth-order valence-corrected chi connectivity index (χ4v) is 1.68. The van der Waals surface area contributed by atoms with Gasteiger partial charge in [0.1, 0.15) is 5.75 Å². The van der Waals surface area contributed by atoms with E-state index in [1.165, 1.54) is 18.4 Å². The molecule has 2 nitrogen and oxygen atoms in total. The molecule has 0 saturated heterocycles. The normalized spacial score (nSPS) is 15.6. The molecule has 0 unspecified atom stereocenters. The molecule has 1 saturated carbocycles. The van der Waals surface area contributed by atoms with Gasteiger partial charge in [-0.15, -0.1) is 11.8 Å². The van der Waals surface area contributed by atoms with Crippen molar-refractivity contribution >= 4 is 11.8 Å². The molecule has 1 aromatic heterocycles. The summed E-state index contributed by atoms with van der Waals surface area (Å²) in [5, 5.41) is 1.04. The van der Waals surface area contributed by atoms with E-state index in [2.05, 4.69) is 18.0 Å². The second-order valence-corrected chi connectivity index (χ2v) is 4.33. The molecule has 0 spiro atoms. The molecular weight excluding hydrogens is 194 g/mol. The van der Waals surface area contributed by atoms with Crippen LogP contribution in [0.2, 0.25) is 0 Å². The first-order valence-corrected chi connectivity index (χ1v) is 6.25. The molecule has 1 aromatic rings. The number of aryl methyl sites for hydroxylation is 1. The van der Waals surface area contributed by atoms with Crippen LogP contribution in [0.25, 0.3) is 0 Å². The molecule has 1 aliphatic rings. The minimum absolute atomic E-state index is 0.470. The number of nitrogens with zero attached hydrogens (tertiary/aromatic N) is 1. The molecule has 0 N–H and O–H groups in total. The van der Waals surface area contributed by atoms with Crippen molar-refractivity contribution in [3.05, 3.63) is 17.8 Å². The highest BCUT2D eigenvalue weighted by molar-refractivity contribution is 7.98. The third-order valence-corrected chi connectivity index (χ3v) is 2.97. The number of rotatable bonds is 4. The van der Waals surface area contributed by atoms with E-state index in [4.69, 9.17) is 4.74 Å². The second kappa shape index (κ2) is 4.22. The van der Waals surface area contributed by atoms with Crippen LogP contribution in [0.3, 0.4) is 0 Å². The van der Waals surface area contributed by atoms with Crippen LogP contribution < -0.4 is 4.74 Å². The molecule has 76 valence electrons. The quantitative estimate of drug-likeness (QED) is 0.712. The van der Waals surface area contributed by atoms with Crippen molar-refractivity contribution in [2.45, 2.75) is 37.3 Å². The van der Waals surface area contributed by atoms with Gasteiger partial charge in [0.15, 0.2) is 0 Å². The van der Waals surface area contributed by atoms with Gasteiger partial charge >= 0.3 is 0 Å².